The Kier molecular flexibility index (Phi) is 4.96. The molecule has 0 radical (unpaired) electrons. The van der Waals surface area contributed by atoms with Crippen molar-refractivity contribution in [2.45, 2.75) is 38.5 Å². The number of nitrogens with zero attached hydrogens (tertiary/aromatic N) is 3. The molecule has 1 saturated heterocycles. The first-order valence-corrected chi connectivity index (χ1v) is 9.43. The zero-order valence-corrected chi connectivity index (χ0v) is 15.7. The van der Waals surface area contributed by atoms with Gasteiger partial charge in [0.15, 0.2) is 5.65 Å². The molecule has 4 N–H and O–H groups in total. The van der Waals surface area contributed by atoms with Gasteiger partial charge in [0.25, 0.3) is 0 Å². The van der Waals surface area contributed by atoms with E-state index in [4.69, 9.17) is 4.98 Å². The fourth-order valence-electron chi connectivity index (χ4n) is 3.38. The van der Waals surface area contributed by atoms with Crippen molar-refractivity contribution in [2.24, 2.45) is 0 Å². The molecular weight excluding hydrogens is 340 g/mol. The first-order chi connectivity index (χ1) is 13.1. The predicted molar refractivity (Wildman–Crippen MR) is 107 cm³/mol. The van der Waals surface area contributed by atoms with Crippen molar-refractivity contribution in [1.29, 1.82) is 0 Å². The van der Waals surface area contributed by atoms with E-state index in [1.54, 1.807) is 0 Å². The number of hydrogen-bond donors (Lipinski definition) is 4. The van der Waals surface area contributed by atoms with E-state index in [0.29, 0.717) is 19.0 Å². The largest absolute Gasteiger partial charge is 0.390 e. The molecule has 2 atom stereocenters. The van der Waals surface area contributed by atoms with Crippen LogP contribution < -0.4 is 16.0 Å². The summed E-state index contributed by atoms with van der Waals surface area (Å²) in [6.45, 7) is 6.30. The summed E-state index contributed by atoms with van der Waals surface area (Å²) in [6, 6.07) is 12.2. The molecule has 2 aromatic heterocycles. The van der Waals surface area contributed by atoms with Crippen LogP contribution >= 0.6 is 0 Å². The van der Waals surface area contributed by atoms with E-state index >= 15 is 0 Å². The molecule has 0 saturated carbocycles. The highest BCUT2D eigenvalue weighted by Gasteiger charge is 2.25. The number of anilines is 2. The van der Waals surface area contributed by atoms with Crippen LogP contribution in [0.15, 0.2) is 42.6 Å². The quantitative estimate of drug-likeness (QED) is 0.535. The summed E-state index contributed by atoms with van der Waals surface area (Å²) < 4.78 is 1.85. The zero-order chi connectivity index (χ0) is 18.8. The van der Waals surface area contributed by atoms with Crippen molar-refractivity contribution in [2.75, 3.05) is 23.7 Å². The molecule has 3 aromatic rings. The summed E-state index contributed by atoms with van der Waals surface area (Å²) in [5.74, 6) is 1.94. The standard InChI is InChI=1S/C20H26N6O/c1-13(2)15-10-23-26-19(22-9-14-6-4-3-5-7-14)8-18(25-20(15)26)24-16-11-21-12-17(16)27/h3-8,10,13,16-17,21-22,27H,9,11-12H2,1-2H3,(H,24,25). The van der Waals surface area contributed by atoms with Gasteiger partial charge in [-0.1, -0.05) is 44.2 Å². The third kappa shape index (κ3) is 3.74. The van der Waals surface area contributed by atoms with E-state index in [1.165, 1.54) is 5.56 Å². The molecule has 142 valence electrons. The van der Waals surface area contributed by atoms with Crippen LogP contribution in [0.3, 0.4) is 0 Å². The van der Waals surface area contributed by atoms with Gasteiger partial charge >= 0.3 is 0 Å². The highest BCUT2D eigenvalue weighted by Crippen LogP contribution is 2.25. The van der Waals surface area contributed by atoms with E-state index in [2.05, 4.69) is 47.0 Å². The van der Waals surface area contributed by atoms with Gasteiger partial charge in [0.2, 0.25) is 0 Å². The molecule has 7 nitrogen and oxygen atoms in total. The first-order valence-electron chi connectivity index (χ1n) is 9.43. The number of nitrogens with one attached hydrogen (secondary N) is 3. The Balaban J connectivity index is 1.67. The maximum absolute atomic E-state index is 10.1. The summed E-state index contributed by atoms with van der Waals surface area (Å²) in [7, 11) is 0. The van der Waals surface area contributed by atoms with Crippen LogP contribution in [0.5, 0.6) is 0 Å². The lowest BCUT2D eigenvalue weighted by Gasteiger charge is -2.18. The maximum Gasteiger partial charge on any atom is 0.163 e. The van der Waals surface area contributed by atoms with Crippen LogP contribution in [0.4, 0.5) is 11.6 Å². The van der Waals surface area contributed by atoms with Crippen molar-refractivity contribution in [1.82, 2.24) is 19.9 Å². The zero-order valence-electron chi connectivity index (χ0n) is 15.7. The third-order valence-corrected chi connectivity index (χ3v) is 4.95. The molecule has 1 aliphatic heterocycles. The number of β-amino-alcohol motifs (C(OH)–C–C–N with tert-alkyl or cyclic N) is 1. The number of rotatable bonds is 6. The molecule has 0 amide bonds. The Bertz CT molecular complexity index is 907. The van der Waals surface area contributed by atoms with E-state index < -0.39 is 6.10 Å². The fourth-order valence-corrected chi connectivity index (χ4v) is 3.38. The van der Waals surface area contributed by atoms with Crippen LogP contribution in [-0.2, 0) is 6.54 Å². The van der Waals surface area contributed by atoms with Crippen molar-refractivity contribution < 1.29 is 5.11 Å². The monoisotopic (exact) mass is 366 g/mol. The molecule has 4 rings (SSSR count). The van der Waals surface area contributed by atoms with E-state index in [9.17, 15) is 5.11 Å². The third-order valence-electron chi connectivity index (χ3n) is 4.95. The Labute approximate surface area is 158 Å². The lowest BCUT2D eigenvalue weighted by molar-refractivity contribution is 0.185. The van der Waals surface area contributed by atoms with E-state index in [0.717, 1.165) is 29.4 Å². The van der Waals surface area contributed by atoms with Gasteiger partial charge in [-0.2, -0.15) is 9.61 Å². The van der Waals surface area contributed by atoms with Crippen molar-refractivity contribution >= 4 is 17.3 Å². The van der Waals surface area contributed by atoms with Crippen molar-refractivity contribution in [3.63, 3.8) is 0 Å². The molecule has 1 aliphatic rings. The van der Waals surface area contributed by atoms with Gasteiger partial charge in [0, 0.05) is 31.3 Å². The molecule has 2 unspecified atom stereocenters. The lowest BCUT2D eigenvalue weighted by atomic mass is 10.1. The van der Waals surface area contributed by atoms with Crippen LogP contribution in [0.1, 0.15) is 30.9 Å². The topological polar surface area (TPSA) is 86.5 Å². The second-order valence-corrected chi connectivity index (χ2v) is 7.33. The number of aliphatic hydroxyl groups excluding tert-OH is 1. The first kappa shape index (κ1) is 17.8. The van der Waals surface area contributed by atoms with Crippen LogP contribution in [0.2, 0.25) is 0 Å². The van der Waals surface area contributed by atoms with Gasteiger partial charge in [-0.25, -0.2) is 4.98 Å². The molecule has 3 heterocycles. The fraction of sp³-hybridized carbons (Fsp3) is 0.400. The highest BCUT2D eigenvalue weighted by molar-refractivity contribution is 5.61. The molecule has 27 heavy (non-hydrogen) atoms. The lowest BCUT2D eigenvalue weighted by Crippen LogP contribution is -2.32. The minimum absolute atomic E-state index is 0.0488. The maximum atomic E-state index is 10.1. The van der Waals surface area contributed by atoms with Gasteiger partial charge in [-0.15, -0.1) is 0 Å². The Morgan fingerprint density at radius 2 is 2.07 bits per heavy atom. The molecule has 1 aromatic carbocycles. The number of benzene rings is 1. The van der Waals surface area contributed by atoms with E-state index in [-0.39, 0.29) is 6.04 Å². The highest BCUT2D eigenvalue weighted by atomic mass is 16.3. The Morgan fingerprint density at radius 3 is 2.78 bits per heavy atom. The van der Waals surface area contributed by atoms with Gasteiger partial charge in [0.05, 0.1) is 18.3 Å². The van der Waals surface area contributed by atoms with Gasteiger partial charge in [-0.3, -0.25) is 0 Å². The molecule has 1 fully saturated rings. The minimum Gasteiger partial charge on any atom is -0.390 e. The summed E-state index contributed by atoms with van der Waals surface area (Å²) in [5, 5.41) is 24.7. The van der Waals surface area contributed by atoms with Crippen molar-refractivity contribution in [3.05, 3.63) is 53.7 Å². The number of hydrogen-bond acceptors (Lipinski definition) is 6. The van der Waals surface area contributed by atoms with Crippen LogP contribution in [0.25, 0.3) is 5.65 Å². The molecule has 0 spiro atoms. The molecule has 0 bridgehead atoms. The summed E-state index contributed by atoms with van der Waals surface area (Å²) in [4.78, 5) is 4.78. The van der Waals surface area contributed by atoms with E-state index in [1.807, 2.05) is 35.0 Å². The van der Waals surface area contributed by atoms with Gasteiger partial charge in [0.1, 0.15) is 11.6 Å². The average Bonchev–Trinajstić information content (AvgIpc) is 3.27. The summed E-state index contributed by atoms with van der Waals surface area (Å²) in [6.07, 6.45) is 1.47. The molecule has 0 aliphatic carbocycles. The number of aromatic nitrogens is 3. The summed E-state index contributed by atoms with van der Waals surface area (Å²) >= 11 is 0. The van der Waals surface area contributed by atoms with Crippen LogP contribution in [0, 0.1) is 0 Å². The number of fused-ring (bicyclic) bond motifs is 1. The van der Waals surface area contributed by atoms with Crippen LogP contribution in [-0.4, -0.2) is 44.9 Å². The Morgan fingerprint density at radius 1 is 1.26 bits per heavy atom. The SMILES string of the molecule is CC(C)c1cnn2c(NCc3ccccc3)cc(NC3CNCC3O)nc12. The second kappa shape index (κ2) is 7.54. The molecular formula is C20H26N6O. The predicted octanol–water partition coefficient (Wildman–Crippen LogP) is 2.21. The summed E-state index contributed by atoms with van der Waals surface area (Å²) in [5.41, 5.74) is 3.14. The average molecular weight is 366 g/mol. The normalized spacial score (nSPS) is 19.7. The van der Waals surface area contributed by atoms with Gasteiger partial charge in [-0.05, 0) is 11.5 Å². The smallest absolute Gasteiger partial charge is 0.163 e. The second-order valence-electron chi connectivity index (χ2n) is 7.33. The molecule has 7 heteroatoms. The van der Waals surface area contributed by atoms with Crippen molar-refractivity contribution in [3.8, 4) is 0 Å². The number of aliphatic hydroxyl groups is 1. The van der Waals surface area contributed by atoms with Gasteiger partial charge < -0.3 is 21.1 Å². The Hall–Kier alpha value is -2.64. The minimum atomic E-state index is -0.418.